The van der Waals surface area contributed by atoms with Crippen LogP contribution in [-0.4, -0.2) is 40.5 Å². The number of benzene rings is 1. The molecule has 1 aliphatic heterocycles. The standard InChI is InChI=1S/C24H27N3O3S2/c28-20(25-14-17-8-5-13-30-17)15-31-24-26-22-21(18-9-4-10-19(18)32-22)23(29)27(24)12-11-16-6-2-1-3-7-16/h1-3,6-7,17H,4-5,8-15H2,(H,25,28)/t17-/m1/s1. The largest absolute Gasteiger partial charge is 0.376 e. The van der Waals surface area contributed by atoms with Crippen LogP contribution >= 0.6 is 23.1 Å². The monoisotopic (exact) mass is 469 g/mol. The minimum Gasteiger partial charge on any atom is -0.376 e. The van der Waals surface area contributed by atoms with Gasteiger partial charge in [-0.3, -0.25) is 14.2 Å². The smallest absolute Gasteiger partial charge is 0.263 e. The molecule has 1 N–H and O–H groups in total. The van der Waals surface area contributed by atoms with Crippen LogP contribution in [0.4, 0.5) is 0 Å². The summed E-state index contributed by atoms with van der Waals surface area (Å²) in [7, 11) is 0. The summed E-state index contributed by atoms with van der Waals surface area (Å²) >= 11 is 2.99. The van der Waals surface area contributed by atoms with E-state index in [2.05, 4.69) is 17.4 Å². The molecule has 1 fully saturated rings. The Morgan fingerprint density at radius 3 is 2.94 bits per heavy atom. The number of nitrogens with one attached hydrogen (secondary N) is 1. The second-order valence-electron chi connectivity index (χ2n) is 8.35. The van der Waals surface area contributed by atoms with Gasteiger partial charge >= 0.3 is 0 Å². The van der Waals surface area contributed by atoms with E-state index in [0.717, 1.165) is 55.3 Å². The second kappa shape index (κ2) is 9.77. The van der Waals surface area contributed by atoms with E-state index < -0.39 is 0 Å². The third kappa shape index (κ3) is 4.63. The van der Waals surface area contributed by atoms with Crippen molar-refractivity contribution in [1.29, 1.82) is 0 Å². The maximum absolute atomic E-state index is 13.5. The SMILES string of the molecule is O=C(CSc1nc2sc3c(c2c(=O)n1CCc1ccccc1)CCC3)NC[C@H]1CCCO1. The van der Waals surface area contributed by atoms with Gasteiger partial charge in [0.25, 0.3) is 5.56 Å². The Balaban J connectivity index is 1.37. The Labute approximate surface area is 195 Å². The first-order valence-electron chi connectivity index (χ1n) is 11.3. The van der Waals surface area contributed by atoms with Crippen LogP contribution in [0, 0.1) is 0 Å². The average Bonchev–Trinajstić information content (AvgIpc) is 3.54. The highest BCUT2D eigenvalue weighted by molar-refractivity contribution is 7.99. The number of aryl methyl sites for hydroxylation is 3. The molecule has 0 bridgehead atoms. The molecule has 3 heterocycles. The fourth-order valence-corrected chi connectivity index (χ4v) is 6.62. The number of carbonyl (C=O) groups excluding carboxylic acids is 1. The van der Waals surface area contributed by atoms with Crippen LogP contribution in [0.15, 0.2) is 40.3 Å². The van der Waals surface area contributed by atoms with E-state index in [9.17, 15) is 9.59 Å². The van der Waals surface area contributed by atoms with Gasteiger partial charge in [-0.1, -0.05) is 42.1 Å². The van der Waals surface area contributed by atoms with Crippen molar-refractivity contribution < 1.29 is 9.53 Å². The summed E-state index contributed by atoms with van der Waals surface area (Å²) in [4.78, 5) is 32.9. The van der Waals surface area contributed by atoms with Gasteiger partial charge in [0.15, 0.2) is 5.16 Å². The molecule has 32 heavy (non-hydrogen) atoms. The van der Waals surface area contributed by atoms with E-state index >= 15 is 0 Å². The third-order valence-electron chi connectivity index (χ3n) is 6.14. The zero-order valence-electron chi connectivity index (χ0n) is 18.0. The van der Waals surface area contributed by atoms with Crippen molar-refractivity contribution in [3.05, 3.63) is 56.7 Å². The Bertz CT molecular complexity index is 1170. The minimum atomic E-state index is -0.0527. The van der Waals surface area contributed by atoms with Crippen molar-refractivity contribution in [3.63, 3.8) is 0 Å². The maximum Gasteiger partial charge on any atom is 0.263 e. The van der Waals surface area contributed by atoms with Gasteiger partial charge in [0, 0.05) is 24.6 Å². The number of ether oxygens (including phenoxy) is 1. The third-order valence-corrected chi connectivity index (χ3v) is 8.30. The van der Waals surface area contributed by atoms with Crippen molar-refractivity contribution in [2.24, 2.45) is 0 Å². The lowest BCUT2D eigenvalue weighted by Gasteiger charge is -2.13. The van der Waals surface area contributed by atoms with Gasteiger partial charge in [-0.05, 0) is 49.7 Å². The second-order valence-corrected chi connectivity index (χ2v) is 10.4. The van der Waals surface area contributed by atoms with Crippen LogP contribution in [0.1, 0.15) is 35.3 Å². The summed E-state index contributed by atoms with van der Waals surface area (Å²) in [5, 5.41) is 4.38. The molecule has 1 atom stereocenters. The van der Waals surface area contributed by atoms with Crippen LogP contribution in [0.25, 0.3) is 10.2 Å². The van der Waals surface area contributed by atoms with Gasteiger partial charge in [0.1, 0.15) is 4.83 Å². The molecule has 2 aliphatic rings. The van der Waals surface area contributed by atoms with Gasteiger partial charge < -0.3 is 10.1 Å². The lowest BCUT2D eigenvalue weighted by atomic mass is 10.1. The predicted molar refractivity (Wildman–Crippen MR) is 129 cm³/mol. The number of hydrogen-bond donors (Lipinski definition) is 1. The molecule has 1 amide bonds. The van der Waals surface area contributed by atoms with Gasteiger partial charge in [-0.25, -0.2) is 4.98 Å². The highest BCUT2D eigenvalue weighted by atomic mass is 32.2. The summed E-state index contributed by atoms with van der Waals surface area (Å²) in [5.41, 5.74) is 2.41. The number of thiophene rings is 1. The van der Waals surface area contributed by atoms with E-state index in [1.54, 1.807) is 15.9 Å². The van der Waals surface area contributed by atoms with Crippen LogP contribution in [0.5, 0.6) is 0 Å². The fraction of sp³-hybridized carbons (Fsp3) is 0.458. The summed E-state index contributed by atoms with van der Waals surface area (Å²) in [5.74, 6) is 0.185. The summed E-state index contributed by atoms with van der Waals surface area (Å²) in [6.07, 6.45) is 6.03. The molecule has 0 unspecified atom stereocenters. The molecule has 6 nitrogen and oxygen atoms in total. The summed E-state index contributed by atoms with van der Waals surface area (Å²) < 4.78 is 7.35. The number of nitrogens with zero attached hydrogens (tertiary/aromatic N) is 2. The van der Waals surface area contributed by atoms with Gasteiger partial charge in [0.05, 0.1) is 17.2 Å². The van der Waals surface area contributed by atoms with Gasteiger partial charge in [0.2, 0.25) is 5.91 Å². The zero-order valence-corrected chi connectivity index (χ0v) is 19.6. The van der Waals surface area contributed by atoms with E-state index in [1.165, 1.54) is 27.8 Å². The van der Waals surface area contributed by atoms with Gasteiger partial charge in [-0.15, -0.1) is 11.3 Å². The lowest BCUT2D eigenvalue weighted by Crippen LogP contribution is -2.33. The van der Waals surface area contributed by atoms with Crippen molar-refractivity contribution in [3.8, 4) is 0 Å². The van der Waals surface area contributed by atoms with Crippen LogP contribution in [0.2, 0.25) is 0 Å². The molecular formula is C24H27N3O3S2. The molecule has 8 heteroatoms. The quantitative estimate of drug-likeness (QED) is 0.403. The number of carbonyl (C=O) groups is 1. The van der Waals surface area contributed by atoms with Crippen molar-refractivity contribution in [2.75, 3.05) is 18.9 Å². The topological polar surface area (TPSA) is 73.2 Å². The number of thioether (sulfide) groups is 1. The van der Waals surface area contributed by atoms with Crippen molar-refractivity contribution >= 4 is 39.2 Å². The lowest BCUT2D eigenvalue weighted by molar-refractivity contribution is -0.119. The highest BCUT2D eigenvalue weighted by Gasteiger charge is 2.24. The van der Waals surface area contributed by atoms with Gasteiger partial charge in [-0.2, -0.15) is 0 Å². The minimum absolute atomic E-state index is 0.0348. The molecule has 0 radical (unpaired) electrons. The molecule has 168 valence electrons. The Morgan fingerprint density at radius 1 is 1.25 bits per heavy atom. The number of rotatable bonds is 8. The van der Waals surface area contributed by atoms with E-state index in [-0.39, 0.29) is 23.3 Å². The van der Waals surface area contributed by atoms with Crippen LogP contribution in [0.3, 0.4) is 0 Å². The molecule has 3 aromatic rings. The Kier molecular flexibility index (Phi) is 6.62. The molecular weight excluding hydrogens is 442 g/mol. The van der Waals surface area contributed by atoms with Crippen molar-refractivity contribution in [2.45, 2.75) is 56.3 Å². The van der Waals surface area contributed by atoms with E-state index in [0.29, 0.717) is 18.2 Å². The molecule has 1 saturated heterocycles. The molecule has 1 aromatic carbocycles. The highest BCUT2D eigenvalue weighted by Crippen LogP contribution is 2.35. The fourth-order valence-electron chi connectivity index (χ4n) is 4.47. The number of aromatic nitrogens is 2. The Hall–Kier alpha value is -2.16. The number of amides is 1. The molecule has 0 saturated carbocycles. The van der Waals surface area contributed by atoms with Crippen LogP contribution < -0.4 is 10.9 Å². The first-order valence-corrected chi connectivity index (χ1v) is 13.1. The zero-order chi connectivity index (χ0) is 21.9. The van der Waals surface area contributed by atoms with Crippen LogP contribution in [-0.2, 0) is 35.3 Å². The normalized spacial score (nSPS) is 17.7. The molecule has 5 rings (SSSR count). The predicted octanol–water partition coefficient (Wildman–Crippen LogP) is 3.58. The Morgan fingerprint density at radius 2 is 2.12 bits per heavy atom. The first-order chi connectivity index (χ1) is 15.7. The molecule has 0 spiro atoms. The first kappa shape index (κ1) is 21.7. The summed E-state index contributed by atoms with van der Waals surface area (Å²) in [6.45, 7) is 1.87. The van der Waals surface area contributed by atoms with Crippen molar-refractivity contribution in [1.82, 2.24) is 14.9 Å². The average molecular weight is 470 g/mol. The van der Waals surface area contributed by atoms with E-state index in [1.807, 2.05) is 18.2 Å². The summed E-state index contributed by atoms with van der Waals surface area (Å²) in [6, 6.07) is 10.2. The maximum atomic E-state index is 13.5. The number of hydrogen-bond acceptors (Lipinski definition) is 6. The molecule has 2 aromatic heterocycles. The molecule has 1 aliphatic carbocycles. The van der Waals surface area contributed by atoms with E-state index in [4.69, 9.17) is 9.72 Å². The number of fused-ring (bicyclic) bond motifs is 3.